The van der Waals surface area contributed by atoms with Gasteiger partial charge in [0.15, 0.2) is 0 Å². The maximum atomic E-state index is 2.63. The molecule has 0 aliphatic heterocycles. The van der Waals surface area contributed by atoms with Gasteiger partial charge < -0.3 is 0 Å². The highest BCUT2D eigenvalue weighted by Gasteiger charge is 2.32. The van der Waals surface area contributed by atoms with Gasteiger partial charge in [0.05, 0.1) is 14.3 Å². The number of hydrogen-bond donors (Lipinski definition) is 0. The Morgan fingerprint density at radius 2 is 0.609 bits per heavy atom. The van der Waals surface area contributed by atoms with Crippen LogP contribution < -0.4 is 0 Å². The van der Waals surface area contributed by atoms with Crippen molar-refractivity contribution in [2.45, 2.75) is 134 Å². The van der Waals surface area contributed by atoms with Gasteiger partial charge in [-0.25, -0.2) is 0 Å². The first kappa shape index (κ1) is 19.5. The van der Waals surface area contributed by atoms with Crippen molar-refractivity contribution in [3.8, 4) is 0 Å². The summed E-state index contributed by atoms with van der Waals surface area (Å²) in [5.41, 5.74) is 0. The van der Waals surface area contributed by atoms with E-state index in [9.17, 15) is 0 Å². The van der Waals surface area contributed by atoms with Gasteiger partial charge in [0.2, 0.25) is 0 Å². The van der Waals surface area contributed by atoms with E-state index in [1.165, 1.54) is 123 Å². The molecule has 0 atom stereocenters. The molecule has 0 aromatic heterocycles. The third kappa shape index (κ3) is 7.70. The smallest absolute Gasteiger partial charge is 0.0673 e. The summed E-state index contributed by atoms with van der Waals surface area (Å²) in [6.07, 6.45) is 25.4. The van der Waals surface area contributed by atoms with Crippen LogP contribution in [0, 0.1) is 0 Å². The second kappa shape index (κ2) is 10.2. The standard InChI is InChI=1S/C21H42B2/c1-20(16-12-8-4-3-5-9-13-17-20)22-23-21(2)18-14-10-6-7-11-15-19-21/h22-23H,3-19H2,1-2H3. The Hall–Kier alpha value is 0.130. The Kier molecular flexibility index (Phi) is 8.62. The molecule has 0 radical (unpaired) electrons. The van der Waals surface area contributed by atoms with Crippen LogP contribution in [0.4, 0.5) is 0 Å². The first-order chi connectivity index (χ1) is 11.1. The van der Waals surface area contributed by atoms with Gasteiger partial charge >= 0.3 is 0 Å². The second-order valence-electron chi connectivity index (χ2n) is 9.72. The lowest BCUT2D eigenvalue weighted by Crippen LogP contribution is -2.31. The zero-order chi connectivity index (χ0) is 16.4. The molecule has 0 heterocycles. The molecule has 2 rings (SSSR count). The minimum absolute atomic E-state index is 0.652. The molecule has 0 bridgehead atoms. The monoisotopic (exact) mass is 316 g/mol. The van der Waals surface area contributed by atoms with Crippen molar-refractivity contribution < 1.29 is 0 Å². The van der Waals surface area contributed by atoms with Gasteiger partial charge in [-0.1, -0.05) is 134 Å². The predicted molar refractivity (Wildman–Crippen MR) is 110 cm³/mol. The van der Waals surface area contributed by atoms with Gasteiger partial charge in [0, 0.05) is 0 Å². The Bertz CT molecular complexity index is 293. The third-order valence-corrected chi connectivity index (χ3v) is 7.20. The topological polar surface area (TPSA) is 0 Å². The Labute approximate surface area is 148 Å². The molecule has 0 spiro atoms. The zero-order valence-electron chi connectivity index (χ0n) is 16.4. The zero-order valence-corrected chi connectivity index (χ0v) is 16.4. The normalized spacial score (nSPS) is 27.0. The molecule has 2 aliphatic carbocycles. The van der Waals surface area contributed by atoms with E-state index in [4.69, 9.17) is 0 Å². The van der Waals surface area contributed by atoms with Crippen LogP contribution in [0.5, 0.6) is 0 Å². The van der Waals surface area contributed by atoms with Gasteiger partial charge in [-0.3, -0.25) is 0 Å². The van der Waals surface area contributed by atoms with E-state index in [0.717, 1.165) is 0 Å². The van der Waals surface area contributed by atoms with E-state index in [0.29, 0.717) is 10.6 Å². The van der Waals surface area contributed by atoms with E-state index < -0.39 is 0 Å². The number of hydrogen-bond acceptors (Lipinski definition) is 0. The maximum absolute atomic E-state index is 2.63. The highest BCUT2D eigenvalue weighted by atomic mass is 14.2. The van der Waals surface area contributed by atoms with E-state index >= 15 is 0 Å². The summed E-state index contributed by atoms with van der Waals surface area (Å²) in [5, 5.41) is 1.31. The third-order valence-electron chi connectivity index (χ3n) is 7.20. The van der Waals surface area contributed by atoms with Gasteiger partial charge in [0.25, 0.3) is 0 Å². The largest absolute Gasteiger partial charge is 0.0948 e. The first-order valence-corrected chi connectivity index (χ1v) is 11.1. The molecule has 2 aliphatic rings. The highest BCUT2D eigenvalue weighted by Crippen LogP contribution is 2.43. The van der Waals surface area contributed by atoms with Gasteiger partial charge in [-0.15, -0.1) is 0 Å². The van der Waals surface area contributed by atoms with E-state index in [1.54, 1.807) is 0 Å². The molecule has 0 aromatic carbocycles. The summed E-state index contributed by atoms with van der Waals surface area (Å²) >= 11 is 0. The van der Waals surface area contributed by atoms with Gasteiger partial charge in [-0.2, -0.15) is 0 Å². The van der Waals surface area contributed by atoms with Gasteiger partial charge in [0.1, 0.15) is 0 Å². The summed E-state index contributed by atoms with van der Waals surface area (Å²) in [6, 6.07) is 0. The fourth-order valence-corrected chi connectivity index (χ4v) is 5.15. The summed E-state index contributed by atoms with van der Waals surface area (Å²) in [7, 11) is 3.01. The van der Waals surface area contributed by atoms with Crippen LogP contribution in [0.25, 0.3) is 0 Å². The number of rotatable bonds is 3. The molecule has 0 nitrogen and oxygen atoms in total. The maximum Gasteiger partial charge on any atom is 0.0948 e. The van der Waals surface area contributed by atoms with E-state index in [1.807, 2.05) is 0 Å². The molecule has 0 amide bonds. The van der Waals surface area contributed by atoms with Crippen LogP contribution in [-0.2, 0) is 0 Å². The molecule has 23 heavy (non-hydrogen) atoms. The van der Waals surface area contributed by atoms with Crippen LogP contribution in [-0.4, -0.2) is 14.3 Å². The van der Waals surface area contributed by atoms with Crippen molar-refractivity contribution in [1.82, 2.24) is 0 Å². The SMILES string of the molecule is CC1(BBC2(C)CCCCCCCC2)CCCCCCCCC1. The average molecular weight is 316 g/mol. The molecule has 0 unspecified atom stereocenters. The van der Waals surface area contributed by atoms with Crippen LogP contribution in [0.2, 0.25) is 10.6 Å². The lowest BCUT2D eigenvalue weighted by molar-refractivity contribution is 0.427. The van der Waals surface area contributed by atoms with Crippen LogP contribution in [0.3, 0.4) is 0 Å². The average Bonchev–Trinajstić information content (AvgIpc) is 2.65. The van der Waals surface area contributed by atoms with Crippen molar-refractivity contribution in [1.29, 1.82) is 0 Å². The van der Waals surface area contributed by atoms with Crippen LogP contribution in [0.15, 0.2) is 0 Å². The molecule has 0 saturated heterocycles. The fraction of sp³-hybridized carbons (Fsp3) is 1.00. The lowest BCUT2D eigenvalue weighted by Gasteiger charge is -2.35. The minimum atomic E-state index is 0.652. The molecule has 0 aromatic rings. The molecule has 2 saturated carbocycles. The van der Waals surface area contributed by atoms with E-state index in [2.05, 4.69) is 13.8 Å². The summed E-state index contributed by atoms with van der Waals surface area (Å²) < 4.78 is 0. The Morgan fingerprint density at radius 3 is 0.870 bits per heavy atom. The van der Waals surface area contributed by atoms with Gasteiger partial charge in [-0.05, 0) is 0 Å². The molecule has 2 heteroatoms. The quantitative estimate of drug-likeness (QED) is 0.503. The summed E-state index contributed by atoms with van der Waals surface area (Å²) in [6.45, 7) is 5.26. The van der Waals surface area contributed by atoms with Crippen LogP contribution in [0.1, 0.15) is 123 Å². The second-order valence-corrected chi connectivity index (χ2v) is 9.72. The highest BCUT2D eigenvalue weighted by molar-refractivity contribution is 7.03. The Balaban J connectivity index is 1.85. The molecule has 2 fully saturated rings. The first-order valence-electron chi connectivity index (χ1n) is 11.1. The van der Waals surface area contributed by atoms with Crippen molar-refractivity contribution in [3.63, 3.8) is 0 Å². The lowest BCUT2D eigenvalue weighted by atomic mass is 9.20. The molecule has 132 valence electrons. The van der Waals surface area contributed by atoms with E-state index in [-0.39, 0.29) is 0 Å². The molecular formula is C21H42B2. The van der Waals surface area contributed by atoms with Crippen LogP contribution >= 0.6 is 0 Å². The predicted octanol–water partition coefficient (Wildman–Crippen LogP) is 6.79. The fourth-order valence-electron chi connectivity index (χ4n) is 5.15. The van der Waals surface area contributed by atoms with Crippen molar-refractivity contribution in [3.05, 3.63) is 0 Å². The molecular weight excluding hydrogens is 274 g/mol. The summed E-state index contributed by atoms with van der Waals surface area (Å²) in [4.78, 5) is 0. The Morgan fingerprint density at radius 1 is 0.391 bits per heavy atom. The minimum Gasteiger partial charge on any atom is -0.0673 e. The van der Waals surface area contributed by atoms with Crippen molar-refractivity contribution >= 4 is 14.3 Å². The van der Waals surface area contributed by atoms with Crippen molar-refractivity contribution in [2.24, 2.45) is 0 Å². The summed E-state index contributed by atoms with van der Waals surface area (Å²) in [5.74, 6) is 0. The molecule has 0 N–H and O–H groups in total. The van der Waals surface area contributed by atoms with Crippen molar-refractivity contribution in [2.75, 3.05) is 0 Å².